The molecule has 27 heavy (non-hydrogen) atoms. The molecule has 0 aliphatic rings. The maximum absolute atomic E-state index is 12.1. The average molecular weight is 364 g/mol. The lowest BCUT2D eigenvalue weighted by Gasteiger charge is -1.97. The highest BCUT2D eigenvalue weighted by atomic mass is 16.6. The van der Waals surface area contributed by atoms with Crippen LogP contribution in [0, 0.1) is 20.2 Å². The van der Waals surface area contributed by atoms with Gasteiger partial charge in [-0.05, 0) is 48.6 Å². The largest absolute Gasteiger partial charge is 0.457 e. The summed E-state index contributed by atoms with van der Waals surface area (Å²) in [4.78, 5) is 32.4. The van der Waals surface area contributed by atoms with Crippen molar-refractivity contribution in [1.82, 2.24) is 0 Å². The summed E-state index contributed by atoms with van der Waals surface area (Å²) in [7, 11) is 0. The van der Waals surface area contributed by atoms with Crippen LogP contribution in [0.25, 0.3) is 17.4 Å². The van der Waals surface area contributed by atoms with Crippen molar-refractivity contribution >= 4 is 23.2 Å². The van der Waals surface area contributed by atoms with Crippen LogP contribution < -0.4 is 0 Å². The molecule has 0 radical (unpaired) electrons. The Bertz CT molecular complexity index is 1030. The number of non-ortho nitro benzene ring substituents is 2. The Labute approximate surface area is 152 Å². The van der Waals surface area contributed by atoms with E-state index in [1.54, 1.807) is 24.3 Å². The van der Waals surface area contributed by atoms with Gasteiger partial charge >= 0.3 is 0 Å². The Morgan fingerprint density at radius 2 is 1.37 bits per heavy atom. The van der Waals surface area contributed by atoms with Gasteiger partial charge in [-0.2, -0.15) is 0 Å². The molecule has 8 heteroatoms. The molecule has 1 aromatic heterocycles. The van der Waals surface area contributed by atoms with Crippen LogP contribution in [0.15, 0.2) is 71.2 Å². The lowest BCUT2D eigenvalue weighted by molar-refractivity contribution is -0.385. The second-order valence-corrected chi connectivity index (χ2v) is 5.51. The molecule has 0 spiro atoms. The summed E-state index contributed by atoms with van der Waals surface area (Å²) in [6.07, 6.45) is 2.79. The minimum absolute atomic E-state index is 0.0147. The van der Waals surface area contributed by atoms with Gasteiger partial charge in [0.15, 0.2) is 5.78 Å². The lowest BCUT2D eigenvalue weighted by atomic mass is 10.1. The summed E-state index contributed by atoms with van der Waals surface area (Å²) < 4.78 is 5.61. The maximum atomic E-state index is 12.1. The topological polar surface area (TPSA) is 116 Å². The van der Waals surface area contributed by atoms with Crippen molar-refractivity contribution < 1.29 is 19.1 Å². The zero-order valence-corrected chi connectivity index (χ0v) is 13.8. The van der Waals surface area contributed by atoms with Gasteiger partial charge in [-0.25, -0.2) is 0 Å². The number of nitrogens with zero attached hydrogens (tertiary/aromatic N) is 2. The van der Waals surface area contributed by atoms with E-state index in [0.717, 1.165) is 0 Å². The third-order valence-corrected chi connectivity index (χ3v) is 3.75. The smallest absolute Gasteiger partial charge is 0.269 e. The zero-order valence-electron chi connectivity index (χ0n) is 13.8. The normalized spacial score (nSPS) is 10.8. The number of ketones is 1. The maximum Gasteiger partial charge on any atom is 0.269 e. The number of rotatable bonds is 6. The van der Waals surface area contributed by atoms with Crippen LogP contribution in [0.5, 0.6) is 0 Å². The van der Waals surface area contributed by atoms with Gasteiger partial charge in [-0.15, -0.1) is 0 Å². The third-order valence-electron chi connectivity index (χ3n) is 3.75. The Morgan fingerprint density at radius 3 is 1.93 bits per heavy atom. The first-order valence-corrected chi connectivity index (χ1v) is 7.75. The standard InChI is InChI=1S/C19H12N2O6/c22-18(13-1-5-15(6-2-13)20(23)24)11-9-17-10-12-19(27-17)14-3-7-16(8-4-14)21(25)26/h1-12H/b11-9+. The second-order valence-electron chi connectivity index (χ2n) is 5.51. The number of nitro groups is 2. The number of nitro benzene ring substituents is 2. The fourth-order valence-corrected chi connectivity index (χ4v) is 2.35. The minimum Gasteiger partial charge on any atom is -0.457 e. The van der Waals surface area contributed by atoms with Gasteiger partial charge < -0.3 is 4.42 Å². The number of benzene rings is 2. The number of hydrogen-bond acceptors (Lipinski definition) is 6. The summed E-state index contributed by atoms with van der Waals surface area (Å²) in [5.41, 5.74) is 0.884. The molecule has 134 valence electrons. The van der Waals surface area contributed by atoms with Crippen LogP contribution >= 0.6 is 0 Å². The third kappa shape index (κ3) is 4.13. The van der Waals surface area contributed by atoms with E-state index >= 15 is 0 Å². The summed E-state index contributed by atoms with van der Waals surface area (Å²) in [5.74, 6) is 0.615. The molecule has 0 atom stereocenters. The highest BCUT2D eigenvalue weighted by Crippen LogP contribution is 2.25. The molecule has 1 heterocycles. The van der Waals surface area contributed by atoms with Gasteiger partial charge in [0.2, 0.25) is 0 Å². The van der Waals surface area contributed by atoms with Gasteiger partial charge in [0, 0.05) is 35.4 Å². The first-order valence-electron chi connectivity index (χ1n) is 7.75. The van der Waals surface area contributed by atoms with Crippen LogP contribution in [-0.4, -0.2) is 15.6 Å². The quantitative estimate of drug-likeness (QED) is 0.272. The molecule has 0 aliphatic heterocycles. The molecule has 2 aromatic carbocycles. The van der Waals surface area contributed by atoms with Crippen molar-refractivity contribution in [3.8, 4) is 11.3 Å². The monoisotopic (exact) mass is 364 g/mol. The molecule has 3 rings (SSSR count). The van der Waals surface area contributed by atoms with E-state index in [0.29, 0.717) is 22.6 Å². The van der Waals surface area contributed by atoms with Crippen molar-refractivity contribution in [3.63, 3.8) is 0 Å². The first kappa shape index (κ1) is 17.7. The van der Waals surface area contributed by atoms with Crippen molar-refractivity contribution in [2.75, 3.05) is 0 Å². The van der Waals surface area contributed by atoms with E-state index in [1.807, 2.05) is 0 Å². The molecule has 3 aromatic rings. The molecule has 0 saturated heterocycles. The van der Waals surface area contributed by atoms with Gasteiger partial charge in [-0.3, -0.25) is 25.0 Å². The first-order chi connectivity index (χ1) is 12.9. The lowest BCUT2D eigenvalue weighted by Crippen LogP contribution is -1.95. The number of carbonyl (C=O) groups is 1. The van der Waals surface area contributed by atoms with Crippen LogP contribution in [0.3, 0.4) is 0 Å². The number of carbonyl (C=O) groups excluding carboxylic acids is 1. The van der Waals surface area contributed by atoms with Crippen LogP contribution in [-0.2, 0) is 0 Å². The molecular weight excluding hydrogens is 352 g/mol. The molecule has 0 aliphatic carbocycles. The molecule has 0 saturated carbocycles. The second kappa shape index (κ2) is 7.44. The van der Waals surface area contributed by atoms with Gasteiger partial charge in [-0.1, -0.05) is 0 Å². The summed E-state index contributed by atoms with van der Waals surface area (Å²) >= 11 is 0. The SMILES string of the molecule is O=C(/C=C/c1ccc(-c2ccc([N+](=O)[O-])cc2)o1)c1ccc([N+](=O)[O-])cc1. The number of hydrogen-bond donors (Lipinski definition) is 0. The summed E-state index contributed by atoms with van der Waals surface area (Å²) in [6.45, 7) is 0. The Balaban J connectivity index is 1.71. The molecule has 0 amide bonds. The number of allylic oxidation sites excluding steroid dienone is 1. The van der Waals surface area contributed by atoms with Crippen LogP contribution in [0.2, 0.25) is 0 Å². The molecule has 0 unspecified atom stereocenters. The van der Waals surface area contributed by atoms with E-state index in [4.69, 9.17) is 4.42 Å². The fourth-order valence-electron chi connectivity index (χ4n) is 2.35. The minimum atomic E-state index is -0.535. The highest BCUT2D eigenvalue weighted by molar-refractivity contribution is 6.06. The molecule has 0 bridgehead atoms. The van der Waals surface area contributed by atoms with Gasteiger partial charge in [0.1, 0.15) is 11.5 Å². The highest BCUT2D eigenvalue weighted by Gasteiger charge is 2.09. The molecule has 0 N–H and O–H groups in total. The van der Waals surface area contributed by atoms with Gasteiger partial charge in [0.05, 0.1) is 9.85 Å². The van der Waals surface area contributed by atoms with E-state index in [-0.39, 0.29) is 17.2 Å². The van der Waals surface area contributed by atoms with Crippen molar-refractivity contribution in [2.24, 2.45) is 0 Å². The predicted octanol–water partition coefficient (Wildman–Crippen LogP) is 4.66. The average Bonchev–Trinajstić information content (AvgIpc) is 3.15. The van der Waals surface area contributed by atoms with E-state index in [2.05, 4.69) is 0 Å². The Hall–Kier alpha value is -4.07. The zero-order chi connectivity index (χ0) is 19.4. The Morgan fingerprint density at radius 1 is 0.815 bits per heavy atom. The Kier molecular flexibility index (Phi) is 4.89. The van der Waals surface area contributed by atoms with Crippen molar-refractivity contribution in [2.45, 2.75) is 0 Å². The van der Waals surface area contributed by atoms with E-state index in [1.165, 1.54) is 48.6 Å². The molecule has 0 fully saturated rings. The fraction of sp³-hybridized carbons (Fsp3) is 0. The van der Waals surface area contributed by atoms with Crippen LogP contribution in [0.4, 0.5) is 11.4 Å². The summed E-state index contributed by atoms with van der Waals surface area (Å²) in [6, 6.07) is 14.6. The molecular formula is C19H12N2O6. The van der Waals surface area contributed by atoms with Crippen LogP contribution in [0.1, 0.15) is 16.1 Å². The predicted molar refractivity (Wildman–Crippen MR) is 97.3 cm³/mol. The summed E-state index contributed by atoms with van der Waals surface area (Å²) in [5, 5.41) is 21.3. The van der Waals surface area contributed by atoms with E-state index in [9.17, 15) is 25.0 Å². The van der Waals surface area contributed by atoms with Crippen molar-refractivity contribution in [1.29, 1.82) is 0 Å². The van der Waals surface area contributed by atoms with Crippen molar-refractivity contribution in [3.05, 3.63) is 98.3 Å². The van der Waals surface area contributed by atoms with Gasteiger partial charge in [0.25, 0.3) is 11.4 Å². The number of furan rings is 1. The molecule has 8 nitrogen and oxygen atoms in total. The van der Waals surface area contributed by atoms with E-state index < -0.39 is 9.85 Å².